The van der Waals surface area contributed by atoms with E-state index in [0.29, 0.717) is 0 Å². The van der Waals surface area contributed by atoms with Crippen molar-refractivity contribution < 1.29 is 10.2 Å². The summed E-state index contributed by atoms with van der Waals surface area (Å²) in [6, 6.07) is 23.8. The van der Waals surface area contributed by atoms with E-state index < -0.39 is 0 Å². The molecule has 0 radical (unpaired) electrons. The van der Waals surface area contributed by atoms with Crippen LogP contribution in [-0.2, 0) is 0 Å². The van der Waals surface area contributed by atoms with Crippen LogP contribution in [0.4, 0.5) is 0 Å². The molecule has 0 aliphatic rings. The fourth-order valence-electron chi connectivity index (χ4n) is 3.20. The van der Waals surface area contributed by atoms with Gasteiger partial charge in [0.1, 0.15) is 0 Å². The van der Waals surface area contributed by atoms with E-state index in [2.05, 4.69) is 38.1 Å². The number of phenols is 2. The average molecular weight is 318 g/mol. The predicted octanol–water partition coefficient (Wildman–Crippen LogP) is 5.40. The summed E-state index contributed by atoms with van der Waals surface area (Å²) in [5.74, 6) is 0.103. The van der Waals surface area contributed by atoms with E-state index in [9.17, 15) is 10.2 Å². The first kappa shape index (κ1) is 16.1. The number of hydrogen-bond acceptors (Lipinski definition) is 2. The molecule has 0 heterocycles. The summed E-state index contributed by atoms with van der Waals surface area (Å²) in [5.41, 5.74) is 4.44. The fraction of sp³-hybridized carbons (Fsp3) is 0.182. The molecule has 122 valence electrons. The van der Waals surface area contributed by atoms with Crippen LogP contribution in [0.25, 0.3) is 0 Å². The van der Waals surface area contributed by atoms with Crippen molar-refractivity contribution in [3.8, 4) is 11.5 Å². The standard InChI is InChI=1S/C22H22O2/c1-15(17-9-5-3-6-10-17)19-13-21(23)22(24)14-20(19)16(2)18-11-7-4-8-12-18/h3-16,23-24H,1-2H3. The van der Waals surface area contributed by atoms with E-state index in [1.165, 1.54) is 11.1 Å². The Morgan fingerprint density at radius 1 is 0.583 bits per heavy atom. The van der Waals surface area contributed by atoms with Crippen LogP contribution in [0.1, 0.15) is 47.9 Å². The zero-order valence-corrected chi connectivity index (χ0v) is 14.0. The van der Waals surface area contributed by atoms with E-state index in [-0.39, 0.29) is 23.3 Å². The first-order valence-corrected chi connectivity index (χ1v) is 8.23. The van der Waals surface area contributed by atoms with Gasteiger partial charge in [0, 0.05) is 11.8 Å². The molecule has 2 atom stereocenters. The lowest BCUT2D eigenvalue weighted by molar-refractivity contribution is 0.402. The molecule has 0 amide bonds. The zero-order valence-electron chi connectivity index (χ0n) is 14.0. The van der Waals surface area contributed by atoms with Crippen LogP contribution < -0.4 is 0 Å². The van der Waals surface area contributed by atoms with Gasteiger partial charge < -0.3 is 10.2 Å². The Kier molecular flexibility index (Phi) is 4.57. The summed E-state index contributed by atoms with van der Waals surface area (Å²) in [7, 11) is 0. The van der Waals surface area contributed by atoms with Gasteiger partial charge in [0.25, 0.3) is 0 Å². The number of benzene rings is 3. The molecule has 24 heavy (non-hydrogen) atoms. The van der Waals surface area contributed by atoms with E-state index in [0.717, 1.165) is 11.1 Å². The van der Waals surface area contributed by atoms with Gasteiger partial charge in [0.15, 0.2) is 11.5 Å². The lowest BCUT2D eigenvalue weighted by Crippen LogP contribution is -2.05. The minimum absolute atomic E-state index is 0.0724. The minimum atomic E-state index is -0.0724. The molecule has 0 saturated heterocycles. The smallest absolute Gasteiger partial charge is 0.157 e. The van der Waals surface area contributed by atoms with Crippen LogP contribution in [-0.4, -0.2) is 10.2 Å². The topological polar surface area (TPSA) is 40.5 Å². The highest BCUT2D eigenvalue weighted by Gasteiger charge is 2.20. The van der Waals surface area contributed by atoms with Crippen molar-refractivity contribution in [2.24, 2.45) is 0 Å². The number of rotatable bonds is 4. The summed E-state index contributed by atoms with van der Waals surface area (Å²) < 4.78 is 0. The van der Waals surface area contributed by atoms with Gasteiger partial charge in [-0.15, -0.1) is 0 Å². The van der Waals surface area contributed by atoms with E-state index >= 15 is 0 Å². The Morgan fingerprint density at radius 3 is 1.25 bits per heavy atom. The van der Waals surface area contributed by atoms with Gasteiger partial charge in [0.2, 0.25) is 0 Å². The summed E-state index contributed by atoms with van der Waals surface area (Å²) in [6.07, 6.45) is 0. The molecule has 2 heteroatoms. The normalized spacial score (nSPS) is 13.4. The summed E-state index contributed by atoms with van der Waals surface area (Å²) >= 11 is 0. The second kappa shape index (κ2) is 6.79. The summed E-state index contributed by atoms with van der Waals surface area (Å²) in [6.45, 7) is 4.25. The first-order valence-electron chi connectivity index (χ1n) is 8.23. The van der Waals surface area contributed by atoms with Gasteiger partial charge in [-0.2, -0.15) is 0 Å². The molecular weight excluding hydrogens is 296 g/mol. The summed E-state index contributed by atoms with van der Waals surface area (Å²) in [4.78, 5) is 0. The highest BCUT2D eigenvalue weighted by atomic mass is 16.3. The highest BCUT2D eigenvalue weighted by molar-refractivity contribution is 5.52. The summed E-state index contributed by atoms with van der Waals surface area (Å²) in [5, 5.41) is 20.0. The predicted molar refractivity (Wildman–Crippen MR) is 97.7 cm³/mol. The first-order chi connectivity index (χ1) is 11.6. The maximum Gasteiger partial charge on any atom is 0.157 e. The van der Waals surface area contributed by atoms with Gasteiger partial charge in [-0.05, 0) is 34.4 Å². The zero-order chi connectivity index (χ0) is 17.1. The van der Waals surface area contributed by atoms with Gasteiger partial charge in [-0.25, -0.2) is 0 Å². The van der Waals surface area contributed by atoms with Crippen LogP contribution in [0, 0.1) is 0 Å². The Balaban J connectivity index is 2.10. The third kappa shape index (κ3) is 3.13. The minimum Gasteiger partial charge on any atom is -0.504 e. The Hall–Kier alpha value is -2.74. The molecule has 0 bridgehead atoms. The molecule has 0 aliphatic carbocycles. The van der Waals surface area contributed by atoms with Crippen molar-refractivity contribution in [1.29, 1.82) is 0 Å². The van der Waals surface area contributed by atoms with Gasteiger partial charge in [0.05, 0.1) is 0 Å². The van der Waals surface area contributed by atoms with Crippen molar-refractivity contribution in [3.63, 3.8) is 0 Å². The maximum absolute atomic E-state index is 10.0. The molecule has 3 aromatic carbocycles. The van der Waals surface area contributed by atoms with E-state index in [1.807, 2.05) is 36.4 Å². The Morgan fingerprint density at radius 2 is 0.917 bits per heavy atom. The van der Waals surface area contributed by atoms with Crippen LogP contribution in [0.2, 0.25) is 0 Å². The second-order valence-corrected chi connectivity index (χ2v) is 6.23. The fourth-order valence-corrected chi connectivity index (χ4v) is 3.20. The van der Waals surface area contributed by atoms with Crippen molar-refractivity contribution in [3.05, 3.63) is 95.1 Å². The van der Waals surface area contributed by atoms with Gasteiger partial charge >= 0.3 is 0 Å². The van der Waals surface area contributed by atoms with E-state index in [4.69, 9.17) is 0 Å². The number of aromatic hydroxyl groups is 2. The molecule has 0 saturated carbocycles. The van der Waals surface area contributed by atoms with Crippen molar-refractivity contribution in [1.82, 2.24) is 0 Å². The van der Waals surface area contributed by atoms with Crippen LogP contribution in [0.15, 0.2) is 72.8 Å². The Labute approximate surface area is 143 Å². The molecular formula is C22H22O2. The molecule has 0 fully saturated rings. The Bertz CT molecular complexity index is 740. The quantitative estimate of drug-likeness (QED) is 0.632. The van der Waals surface area contributed by atoms with Crippen molar-refractivity contribution >= 4 is 0 Å². The van der Waals surface area contributed by atoms with Gasteiger partial charge in [-0.3, -0.25) is 0 Å². The third-order valence-electron chi connectivity index (χ3n) is 4.71. The molecule has 0 aromatic heterocycles. The molecule has 0 spiro atoms. The SMILES string of the molecule is CC(c1ccccc1)c1cc(O)c(O)cc1C(C)c1ccccc1. The molecule has 3 rings (SSSR count). The highest BCUT2D eigenvalue weighted by Crippen LogP contribution is 2.39. The number of hydrogen-bond donors (Lipinski definition) is 2. The maximum atomic E-state index is 10.0. The lowest BCUT2D eigenvalue weighted by Gasteiger charge is -2.22. The average Bonchev–Trinajstić information content (AvgIpc) is 2.64. The van der Waals surface area contributed by atoms with Crippen molar-refractivity contribution in [2.75, 3.05) is 0 Å². The van der Waals surface area contributed by atoms with Crippen LogP contribution in [0.5, 0.6) is 11.5 Å². The number of phenolic OH excluding ortho intramolecular Hbond substituents is 2. The lowest BCUT2D eigenvalue weighted by atomic mass is 9.82. The molecule has 2 N–H and O–H groups in total. The van der Waals surface area contributed by atoms with Crippen molar-refractivity contribution in [2.45, 2.75) is 25.7 Å². The largest absolute Gasteiger partial charge is 0.504 e. The molecule has 2 nitrogen and oxygen atoms in total. The monoisotopic (exact) mass is 318 g/mol. The van der Waals surface area contributed by atoms with Crippen LogP contribution in [0.3, 0.4) is 0 Å². The second-order valence-electron chi connectivity index (χ2n) is 6.23. The van der Waals surface area contributed by atoms with Crippen LogP contribution >= 0.6 is 0 Å². The van der Waals surface area contributed by atoms with Gasteiger partial charge in [-0.1, -0.05) is 74.5 Å². The molecule has 2 unspecified atom stereocenters. The molecule has 3 aromatic rings. The molecule has 0 aliphatic heterocycles. The third-order valence-corrected chi connectivity index (χ3v) is 4.71. The van der Waals surface area contributed by atoms with E-state index in [1.54, 1.807) is 12.1 Å².